The van der Waals surface area contributed by atoms with Crippen LogP contribution in [0.3, 0.4) is 0 Å². The highest BCUT2D eigenvalue weighted by Crippen LogP contribution is 2.51. The molecule has 0 atom stereocenters. The summed E-state index contributed by atoms with van der Waals surface area (Å²) in [4.78, 5) is 0. The van der Waals surface area contributed by atoms with Gasteiger partial charge in [0.15, 0.2) is 0 Å². The van der Waals surface area contributed by atoms with Crippen molar-refractivity contribution in [3.8, 4) is 0 Å². The average molecular weight is 339 g/mol. The highest BCUT2D eigenvalue weighted by atomic mass is 31.2. The summed E-state index contributed by atoms with van der Waals surface area (Å²) in [6, 6.07) is 10.5. The summed E-state index contributed by atoms with van der Waals surface area (Å²) in [5.74, 6) is 0. The third-order valence-corrected chi connectivity index (χ3v) is 5.64. The van der Waals surface area contributed by atoms with Crippen molar-refractivity contribution in [3.05, 3.63) is 35.9 Å². The molecule has 0 N–H and O–H groups in total. The van der Waals surface area contributed by atoms with Crippen LogP contribution >= 0.6 is 7.60 Å². The van der Waals surface area contributed by atoms with Crippen molar-refractivity contribution in [1.82, 2.24) is 0 Å². The maximum absolute atomic E-state index is 13.0. The summed E-state index contributed by atoms with van der Waals surface area (Å²) in [7, 11) is -3.05. The summed E-state index contributed by atoms with van der Waals surface area (Å²) in [5.41, 5.74) is 0.981. The number of hydrogen-bond acceptors (Lipinski definition) is 3. The Morgan fingerprint density at radius 2 is 1.39 bits per heavy atom. The summed E-state index contributed by atoms with van der Waals surface area (Å²) in [6.07, 6.45) is 9.24. The molecule has 23 heavy (non-hydrogen) atoms. The number of benzene rings is 1. The lowest BCUT2D eigenvalue weighted by Gasteiger charge is -2.19. The van der Waals surface area contributed by atoms with Gasteiger partial charge < -0.3 is 9.05 Å². The van der Waals surface area contributed by atoms with E-state index in [-0.39, 0.29) is 0 Å². The minimum absolute atomic E-state index is 0.350. The molecule has 0 saturated heterocycles. The number of unbranched alkanes of at least 4 members (excludes halogenated alkanes) is 6. The molecular formula is C19H32O3P. The second-order valence-electron chi connectivity index (χ2n) is 5.97. The van der Waals surface area contributed by atoms with Gasteiger partial charge in [0.2, 0.25) is 0 Å². The first-order valence-corrected chi connectivity index (χ1v) is 10.8. The lowest BCUT2D eigenvalue weighted by Crippen LogP contribution is -2.02. The lowest BCUT2D eigenvalue weighted by atomic mass is 10.2. The zero-order valence-corrected chi connectivity index (χ0v) is 15.7. The molecular weight excluding hydrogens is 307 g/mol. The van der Waals surface area contributed by atoms with E-state index in [2.05, 4.69) is 19.9 Å². The van der Waals surface area contributed by atoms with Crippen LogP contribution in [-0.4, -0.2) is 13.2 Å². The third kappa shape index (κ3) is 9.96. The van der Waals surface area contributed by atoms with Crippen molar-refractivity contribution in [3.63, 3.8) is 0 Å². The SMILES string of the molecule is CCCCCCOP(=O)(Cc1cc[c]cc1)OCCCCCC. The van der Waals surface area contributed by atoms with Crippen LogP contribution in [0.15, 0.2) is 24.3 Å². The quantitative estimate of drug-likeness (QED) is 0.292. The van der Waals surface area contributed by atoms with E-state index in [0.29, 0.717) is 19.4 Å². The fraction of sp³-hybridized carbons (Fsp3) is 0.684. The van der Waals surface area contributed by atoms with Crippen LogP contribution in [0.2, 0.25) is 0 Å². The first-order chi connectivity index (χ1) is 11.2. The second kappa shape index (κ2) is 12.8. The Morgan fingerprint density at radius 1 is 0.870 bits per heavy atom. The van der Waals surface area contributed by atoms with Gasteiger partial charge in [0.05, 0.1) is 19.4 Å². The summed E-state index contributed by atoms with van der Waals surface area (Å²) in [5, 5.41) is 0. The van der Waals surface area contributed by atoms with Crippen molar-refractivity contribution in [1.29, 1.82) is 0 Å². The van der Waals surface area contributed by atoms with E-state index >= 15 is 0 Å². The fourth-order valence-electron chi connectivity index (χ4n) is 2.34. The molecule has 1 radical (unpaired) electrons. The van der Waals surface area contributed by atoms with Crippen LogP contribution in [0.1, 0.15) is 70.8 Å². The van der Waals surface area contributed by atoms with Gasteiger partial charge in [0, 0.05) is 0 Å². The first kappa shape index (κ1) is 20.4. The van der Waals surface area contributed by atoms with Crippen molar-refractivity contribution in [2.24, 2.45) is 0 Å². The van der Waals surface area contributed by atoms with E-state index in [1.165, 1.54) is 25.7 Å². The molecule has 0 aliphatic carbocycles. The topological polar surface area (TPSA) is 35.5 Å². The minimum Gasteiger partial charge on any atom is -0.308 e. The highest BCUT2D eigenvalue weighted by molar-refractivity contribution is 7.53. The normalized spacial score (nSPS) is 11.7. The molecule has 0 aromatic heterocycles. The molecule has 0 spiro atoms. The zero-order chi connectivity index (χ0) is 16.8. The summed E-state index contributed by atoms with van der Waals surface area (Å²) >= 11 is 0. The van der Waals surface area contributed by atoms with Gasteiger partial charge in [-0.05, 0) is 24.5 Å². The van der Waals surface area contributed by atoms with Crippen molar-refractivity contribution < 1.29 is 13.6 Å². The molecule has 1 rings (SSSR count). The second-order valence-corrected chi connectivity index (χ2v) is 8.02. The lowest BCUT2D eigenvalue weighted by molar-refractivity contribution is 0.197. The third-order valence-electron chi connectivity index (χ3n) is 3.74. The van der Waals surface area contributed by atoms with Gasteiger partial charge in [-0.15, -0.1) is 0 Å². The molecule has 0 unspecified atom stereocenters. The van der Waals surface area contributed by atoms with Crippen molar-refractivity contribution in [2.75, 3.05) is 13.2 Å². The van der Waals surface area contributed by atoms with Gasteiger partial charge in [-0.25, -0.2) is 0 Å². The fourth-order valence-corrected chi connectivity index (χ4v) is 4.07. The van der Waals surface area contributed by atoms with Crippen molar-refractivity contribution >= 4 is 7.60 Å². The van der Waals surface area contributed by atoms with E-state index in [0.717, 1.165) is 31.2 Å². The van der Waals surface area contributed by atoms with Gasteiger partial charge >= 0.3 is 7.60 Å². The van der Waals surface area contributed by atoms with Crippen molar-refractivity contribution in [2.45, 2.75) is 71.4 Å². The largest absolute Gasteiger partial charge is 0.335 e. The molecule has 0 bridgehead atoms. The first-order valence-electron chi connectivity index (χ1n) is 9.03. The molecule has 0 saturated carbocycles. The zero-order valence-electron chi connectivity index (χ0n) is 14.8. The molecule has 4 heteroatoms. The Kier molecular flexibility index (Phi) is 11.3. The van der Waals surface area contributed by atoms with Crippen LogP contribution < -0.4 is 0 Å². The van der Waals surface area contributed by atoms with Gasteiger partial charge in [0.25, 0.3) is 0 Å². The van der Waals surface area contributed by atoms with E-state index in [4.69, 9.17) is 9.05 Å². The summed E-state index contributed by atoms with van der Waals surface area (Å²) < 4.78 is 24.4. The van der Waals surface area contributed by atoms with E-state index in [9.17, 15) is 4.57 Å². The number of rotatable bonds is 14. The number of hydrogen-bond donors (Lipinski definition) is 0. The predicted octanol–water partition coefficient (Wildman–Crippen LogP) is 6.37. The standard InChI is InChI=1S/C19H32O3P/c1-3-5-7-12-16-21-23(20,22-17-13-8-6-4-2)18-19-14-10-9-11-15-19/h10-11,14-15H,3-8,12-13,16-18H2,1-2H3. The van der Waals surface area contributed by atoms with Gasteiger partial charge in [-0.2, -0.15) is 0 Å². The van der Waals surface area contributed by atoms with Crippen LogP contribution in [0.25, 0.3) is 0 Å². The smallest absolute Gasteiger partial charge is 0.308 e. The Morgan fingerprint density at radius 3 is 1.87 bits per heavy atom. The monoisotopic (exact) mass is 339 g/mol. The predicted molar refractivity (Wildman–Crippen MR) is 96.8 cm³/mol. The molecule has 1 aromatic rings. The van der Waals surface area contributed by atoms with Gasteiger partial charge in [-0.1, -0.05) is 76.6 Å². The average Bonchev–Trinajstić information content (AvgIpc) is 2.55. The van der Waals surface area contributed by atoms with Crippen LogP contribution in [0, 0.1) is 6.07 Å². The molecule has 0 fully saturated rings. The van der Waals surface area contributed by atoms with E-state index in [1.54, 1.807) is 0 Å². The molecule has 0 aliphatic rings. The van der Waals surface area contributed by atoms with Gasteiger partial charge in [0.1, 0.15) is 0 Å². The van der Waals surface area contributed by atoms with Crippen LogP contribution in [0.5, 0.6) is 0 Å². The molecule has 1 aromatic carbocycles. The van der Waals surface area contributed by atoms with Crippen LogP contribution in [-0.2, 0) is 19.8 Å². The van der Waals surface area contributed by atoms with Crippen LogP contribution in [0.4, 0.5) is 0 Å². The molecule has 0 amide bonds. The molecule has 0 heterocycles. The maximum atomic E-state index is 13.0. The summed E-state index contributed by atoms with van der Waals surface area (Å²) in [6.45, 7) is 5.39. The molecule has 0 aliphatic heterocycles. The Hall–Kier alpha value is -0.630. The van der Waals surface area contributed by atoms with E-state index in [1.807, 2.05) is 24.3 Å². The van der Waals surface area contributed by atoms with E-state index < -0.39 is 7.60 Å². The Labute approximate surface area is 142 Å². The van der Waals surface area contributed by atoms with Gasteiger partial charge in [-0.3, -0.25) is 4.57 Å². The molecule has 131 valence electrons. The Balaban J connectivity index is 2.47. The molecule has 3 nitrogen and oxygen atoms in total. The highest BCUT2D eigenvalue weighted by Gasteiger charge is 2.24. The maximum Gasteiger partial charge on any atom is 0.335 e. The Bertz CT molecular complexity index is 416. The minimum atomic E-state index is -3.05.